The van der Waals surface area contributed by atoms with E-state index >= 15 is 0 Å². The molecule has 0 amide bonds. The zero-order chi connectivity index (χ0) is 16.3. The third-order valence-electron chi connectivity index (χ3n) is 4.16. The van der Waals surface area contributed by atoms with E-state index in [4.69, 9.17) is 4.74 Å². The highest BCUT2D eigenvalue weighted by atomic mass is 32.2. The van der Waals surface area contributed by atoms with E-state index in [0.29, 0.717) is 17.2 Å². The molecule has 0 aliphatic carbocycles. The quantitative estimate of drug-likeness (QED) is 0.912. The summed E-state index contributed by atoms with van der Waals surface area (Å²) in [6, 6.07) is 17.2. The number of ether oxygens (including phenoxy) is 1. The number of benzene rings is 2. The Morgan fingerprint density at radius 1 is 1.09 bits per heavy atom. The predicted octanol–water partition coefficient (Wildman–Crippen LogP) is 3.42. The highest BCUT2D eigenvalue weighted by Crippen LogP contribution is 2.33. The first kappa shape index (κ1) is 16.0. The highest BCUT2D eigenvalue weighted by Gasteiger charge is 2.30. The molecule has 2 aromatic carbocycles. The molecule has 1 aliphatic heterocycles. The van der Waals surface area contributed by atoms with Crippen LogP contribution < -0.4 is 5.32 Å². The van der Waals surface area contributed by atoms with Crippen molar-refractivity contribution in [2.75, 3.05) is 17.7 Å². The van der Waals surface area contributed by atoms with E-state index in [-0.39, 0.29) is 17.9 Å². The van der Waals surface area contributed by atoms with Crippen LogP contribution >= 0.6 is 0 Å². The second-order valence-corrected chi connectivity index (χ2v) is 7.89. The molecule has 0 saturated carbocycles. The molecular formula is C18H21NO3S. The second kappa shape index (κ2) is 6.72. The number of anilines is 1. The molecule has 1 aliphatic rings. The van der Waals surface area contributed by atoms with Crippen LogP contribution in [0.4, 0.5) is 5.69 Å². The fraction of sp³-hybridized carbons (Fsp3) is 0.333. The van der Waals surface area contributed by atoms with Gasteiger partial charge >= 0.3 is 0 Å². The number of para-hydroxylation sites is 1. The summed E-state index contributed by atoms with van der Waals surface area (Å²) in [5, 5.41) is 3.39. The SMILES string of the molecule is CCS(=O)(=O)c1ccccc1N[C@H]1CCO[C@@H]1c1ccccc1. The molecular weight excluding hydrogens is 310 g/mol. The van der Waals surface area contributed by atoms with E-state index in [9.17, 15) is 8.42 Å². The van der Waals surface area contributed by atoms with Crippen molar-refractivity contribution < 1.29 is 13.2 Å². The van der Waals surface area contributed by atoms with Crippen molar-refractivity contribution in [3.63, 3.8) is 0 Å². The maximum absolute atomic E-state index is 12.3. The van der Waals surface area contributed by atoms with Crippen molar-refractivity contribution in [3.8, 4) is 0 Å². The van der Waals surface area contributed by atoms with Crippen molar-refractivity contribution in [3.05, 3.63) is 60.2 Å². The maximum atomic E-state index is 12.3. The van der Waals surface area contributed by atoms with E-state index in [1.54, 1.807) is 19.1 Å². The minimum Gasteiger partial charge on any atom is -0.378 e. The zero-order valence-corrected chi connectivity index (χ0v) is 13.9. The van der Waals surface area contributed by atoms with Gasteiger partial charge in [0.15, 0.2) is 9.84 Å². The van der Waals surface area contributed by atoms with Gasteiger partial charge in [-0.3, -0.25) is 0 Å². The van der Waals surface area contributed by atoms with Crippen molar-refractivity contribution in [2.45, 2.75) is 30.4 Å². The fourth-order valence-electron chi connectivity index (χ4n) is 2.92. The first-order valence-corrected chi connectivity index (χ1v) is 9.52. The van der Waals surface area contributed by atoms with Crippen LogP contribution in [0.2, 0.25) is 0 Å². The Kier molecular flexibility index (Phi) is 4.68. The van der Waals surface area contributed by atoms with Gasteiger partial charge in [0.05, 0.1) is 22.4 Å². The van der Waals surface area contributed by atoms with E-state index in [2.05, 4.69) is 5.32 Å². The summed E-state index contributed by atoms with van der Waals surface area (Å²) in [5.74, 6) is 0.0922. The molecule has 1 fully saturated rings. The summed E-state index contributed by atoms with van der Waals surface area (Å²) in [6.07, 6.45) is 0.786. The Morgan fingerprint density at radius 2 is 1.78 bits per heavy atom. The van der Waals surface area contributed by atoms with Gasteiger partial charge in [-0.15, -0.1) is 0 Å². The van der Waals surface area contributed by atoms with Crippen LogP contribution in [0.1, 0.15) is 25.0 Å². The summed E-state index contributed by atoms with van der Waals surface area (Å²) in [6.45, 7) is 2.33. The third-order valence-corrected chi connectivity index (χ3v) is 5.95. The van der Waals surface area contributed by atoms with Gasteiger partial charge in [0, 0.05) is 6.61 Å². The zero-order valence-electron chi connectivity index (χ0n) is 13.1. The van der Waals surface area contributed by atoms with Gasteiger partial charge in [0.25, 0.3) is 0 Å². The van der Waals surface area contributed by atoms with Crippen molar-refractivity contribution in [1.82, 2.24) is 0 Å². The van der Waals surface area contributed by atoms with Crippen LogP contribution in [0.5, 0.6) is 0 Å². The number of nitrogens with one attached hydrogen (secondary N) is 1. The Balaban J connectivity index is 1.88. The first-order chi connectivity index (χ1) is 11.1. The summed E-state index contributed by atoms with van der Waals surface area (Å²) in [5.41, 5.74) is 1.77. The lowest BCUT2D eigenvalue weighted by Crippen LogP contribution is -2.24. The van der Waals surface area contributed by atoms with Gasteiger partial charge in [-0.2, -0.15) is 0 Å². The number of sulfone groups is 1. The van der Waals surface area contributed by atoms with E-state index in [1.807, 2.05) is 42.5 Å². The lowest BCUT2D eigenvalue weighted by molar-refractivity contribution is 0.107. The lowest BCUT2D eigenvalue weighted by atomic mass is 10.0. The molecule has 0 aromatic heterocycles. The van der Waals surface area contributed by atoms with E-state index in [0.717, 1.165) is 12.0 Å². The average Bonchev–Trinajstić information content (AvgIpc) is 3.04. The standard InChI is InChI=1S/C18H21NO3S/c1-2-23(20,21)17-11-7-6-10-15(17)19-16-12-13-22-18(16)14-8-4-3-5-9-14/h3-11,16,18-19H,2,12-13H2,1H3/t16-,18+/m0/s1. The average molecular weight is 331 g/mol. The highest BCUT2D eigenvalue weighted by molar-refractivity contribution is 7.91. The normalized spacial score (nSPS) is 21.3. The fourth-order valence-corrected chi connectivity index (χ4v) is 3.98. The monoisotopic (exact) mass is 331 g/mol. The summed E-state index contributed by atoms with van der Waals surface area (Å²) in [7, 11) is -3.26. The first-order valence-electron chi connectivity index (χ1n) is 7.86. The molecule has 0 bridgehead atoms. The van der Waals surface area contributed by atoms with Gasteiger partial charge in [0.1, 0.15) is 6.10 Å². The molecule has 23 heavy (non-hydrogen) atoms. The maximum Gasteiger partial charge on any atom is 0.180 e. The van der Waals surface area contributed by atoms with Crippen LogP contribution in [-0.4, -0.2) is 26.8 Å². The van der Waals surface area contributed by atoms with Crippen molar-refractivity contribution >= 4 is 15.5 Å². The third kappa shape index (κ3) is 3.41. The number of hydrogen-bond acceptors (Lipinski definition) is 4. The second-order valence-electron chi connectivity index (χ2n) is 5.64. The molecule has 0 radical (unpaired) electrons. The van der Waals surface area contributed by atoms with E-state index in [1.165, 1.54) is 0 Å². The largest absolute Gasteiger partial charge is 0.378 e. The topological polar surface area (TPSA) is 55.4 Å². The molecule has 1 N–H and O–H groups in total. The minimum absolute atomic E-state index is 0.0607. The minimum atomic E-state index is -3.26. The van der Waals surface area contributed by atoms with Crippen LogP contribution in [0.3, 0.4) is 0 Å². The summed E-state index contributed by atoms with van der Waals surface area (Å²) >= 11 is 0. The molecule has 1 saturated heterocycles. The molecule has 1 heterocycles. The molecule has 122 valence electrons. The van der Waals surface area contributed by atoms with Crippen LogP contribution in [0.25, 0.3) is 0 Å². The van der Waals surface area contributed by atoms with Gasteiger partial charge < -0.3 is 10.1 Å². The molecule has 0 unspecified atom stereocenters. The van der Waals surface area contributed by atoms with Gasteiger partial charge in [-0.25, -0.2) is 8.42 Å². The summed E-state index contributed by atoms with van der Waals surface area (Å²) in [4.78, 5) is 0.362. The molecule has 0 spiro atoms. The molecule has 2 atom stereocenters. The Hall–Kier alpha value is -1.85. The number of rotatable bonds is 5. The van der Waals surface area contributed by atoms with Gasteiger partial charge in [0.2, 0.25) is 0 Å². The van der Waals surface area contributed by atoms with Crippen molar-refractivity contribution in [2.24, 2.45) is 0 Å². The predicted molar refractivity (Wildman–Crippen MR) is 91.3 cm³/mol. The molecule has 3 rings (SSSR count). The van der Waals surface area contributed by atoms with Gasteiger partial charge in [-0.1, -0.05) is 49.4 Å². The Labute approximate surface area is 137 Å². The van der Waals surface area contributed by atoms with Gasteiger partial charge in [-0.05, 0) is 24.1 Å². The van der Waals surface area contributed by atoms with Crippen molar-refractivity contribution in [1.29, 1.82) is 0 Å². The van der Waals surface area contributed by atoms with Crippen LogP contribution in [0.15, 0.2) is 59.5 Å². The Morgan fingerprint density at radius 3 is 2.52 bits per heavy atom. The van der Waals surface area contributed by atoms with Crippen LogP contribution in [0, 0.1) is 0 Å². The summed E-state index contributed by atoms with van der Waals surface area (Å²) < 4.78 is 30.4. The molecule has 4 nitrogen and oxygen atoms in total. The number of hydrogen-bond donors (Lipinski definition) is 1. The van der Waals surface area contributed by atoms with Crippen LogP contribution in [-0.2, 0) is 14.6 Å². The Bertz CT molecular complexity index is 759. The molecule has 5 heteroatoms. The van der Waals surface area contributed by atoms with E-state index < -0.39 is 9.84 Å². The molecule has 2 aromatic rings. The lowest BCUT2D eigenvalue weighted by Gasteiger charge is -2.22. The smallest absolute Gasteiger partial charge is 0.180 e.